The summed E-state index contributed by atoms with van der Waals surface area (Å²) in [7, 11) is 2.77. The standard InChI is InChI=1S/C25H33NO4S.C13H22O3.C12H11NO2S/c1-3-30-23(27)16-10-15-20(18-11-6-4-7-12-18)26-21-17-22(19-13-8-5-9-14-19)31-24(21)25(28)29-2;1-2-16-13(15)10-6-9-12(14)11-7-4-3-5-8-11;1-15-12(14)11-9(13)7-10(16-11)8-5-3-2-4-6-8/h5,8-9,13-14,17-18,20,26H,3-4,6-7,10-12,15-16H2,1-2H3;11H,2-10H2,1H3;2-7H,13H2,1H3. The topological polar surface area (TPSA) is 160 Å². The first-order valence-corrected chi connectivity index (χ1v) is 24.1. The minimum Gasteiger partial charge on any atom is -0.466 e. The van der Waals surface area contributed by atoms with Gasteiger partial charge in [-0.2, -0.15) is 0 Å². The van der Waals surface area contributed by atoms with Crippen LogP contribution in [-0.2, 0) is 33.3 Å². The number of carbonyl (C=O) groups is 5. The number of nitrogens with one attached hydrogen (secondary N) is 1. The predicted molar refractivity (Wildman–Crippen MR) is 253 cm³/mol. The fraction of sp³-hybridized carbons (Fsp3) is 0.500. The van der Waals surface area contributed by atoms with E-state index in [0.29, 0.717) is 66.0 Å². The second kappa shape index (κ2) is 27.9. The van der Waals surface area contributed by atoms with Crippen molar-refractivity contribution >= 4 is 63.7 Å². The highest BCUT2D eigenvalue weighted by atomic mass is 32.1. The number of nitrogens with two attached hydrogens (primary N) is 1. The third kappa shape index (κ3) is 16.9. The van der Waals surface area contributed by atoms with Gasteiger partial charge in [0.1, 0.15) is 15.5 Å². The van der Waals surface area contributed by atoms with E-state index in [2.05, 4.69) is 28.3 Å². The third-order valence-corrected chi connectivity index (χ3v) is 13.6. The summed E-state index contributed by atoms with van der Waals surface area (Å²) in [5.74, 6) is 0.149. The largest absolute Gasteiger partial charge is 0.466 e. The summed E-state index contributed by atoms with van der Waals surface area (Å²) >= 11 is 2.80. The summed E-state index contributed by atoms with van der Waals surface area (Å²) in [6.07, 6.45) is 15.5. The SMILES string of the molecule is CCOC(=O)CCCC(=O)C1CCCCC1.CCOC(=O)CCCC(Nc1cc(-c2ccccc2)sc1C(=O)OC)C1CCCCC1.COC(=O)c1sc(-c2ccccc2)cc1N. The van der Waals surface area contributed by atoms with Crippen molar-refractivity contribution in [2.75, 3.05) is 38.5 Å². The first-order chi connectivity index (χ1) is 30.6. The second-order valence-corrected chi connectivity index (χ2v) is 17.9. The Morgan fingerprint density at radius 2 is 1.14 bits per heavy atom. The van der Waals surface area contributed by atoms with Gasteiger partial charge in [-0.05, 0) is 88.0 Å². The molecule has 2 heterocycles. The molecule has 2 fully saturated rings. The maximum Gasteiger partial charge on any atom is 0.350 e. The number of thiophene rings is 2. The Morgan fingerprint density at radius 3 is 1.68 bits per heavy atom. The Labute approximate surface area is 381 Å². The molecule has 342 valence electrons. The number of nitrogen functional groups attached to an aromatic ring is 1. The van der Waals surface area contributed by atoms with Gasteiger partial charge in [-0.1, -0.05) is 99.2 Å². The van der Waals surface area contributed by atoms with E-state index in [9.17, 15) is 24.0 Å². The van der Waals surface area contributed by atoms with Gasteiger partial charge in [0, 0.05) is 41.0 Å². The van der Waals surface area contributed by atoms with Crippen molar-refractivity contribution in [3.63, 3.8) is 0 Å². The number of esters is 4. The highest BCUT2D eigenvalue weighted by Crippen LogP contribution is 2.38. The van der Waals surface area contributed by atoms with Crippen LogP contribution in [0.25, 0.3) is 20.9 Å². The highest BCUT2D eigenvalue weighted by molar-refractivity contribution is 7.18. The number of ketones is 1. The highest BCUT2D eigenvalue weighted by Gasteiger charge is 2.27. The summed E-state index contributed by atoms with van der Waals surface area (Å²) in [6.45, 7) is 4.47. The molecule has 2 aliphatic carbocycles. The smallest absolute Gasteiger partial charge is 0.350 e. The van der Waals surface area contributed by atoms with Gasteiger partial charge in [0.15, 0.2) is 0 Å². The minimum absolute atomic E-state index is 0.137. The monoisotopic (exact) mass is 902 g/mol. The summed E-state index contributed by atoms with van der Waals surface area (Å²) in [4.78, 5) is 61.6. The molecule has 6 rings (SSSR count). The minimum atomic E-state index is -0.385. The molecule has 11 nitrogen and oxygen atoms in total. The van der Waals surface area contributed by atoms with Gasteiger partial charge >= 0.3 is 23.9 Å². The van der Waals surface area contributed by atoms with E-state index in [1.807, 2.05) is 55.5 Å². The lowest BCUT2D eigenvalue weighted by atomic mass is 9.82. The van der Waals surface area contributed by atoms with Crippen molar-refractivity contribution < 1.29 is 42.9 Å². The molecule has 0 amide bonds. The number of ether oxygens (including phenoxy) is 4. The van der Waals surface area contributed by atoms with Crippen molar-refractivity contribution in [3.8, 4) is 20.9 Å². The summed E-state index contributed by atoms with van der Waals surface area (Å²) < 4.78 is 19.6. The van der Waals surface area contributed by atoms with Crippen LogP contribution in [0.1, 0.15) is 136 Å². The van der Waals surface area contributed by atoms with Crippen LogP contribution >= 0.6 is 22.7 Å². The number of Topliss-reactive ketones (excluding diaryl/α,β-unsaturated/α-hetero) is 1. The van der Waals surface area contributed by atoms with Gasteiger partial charge in [0.2, 0.25) is 0 Å². The molecule has 2 aliphatic rings. The molecule has 63 heavy (non-hydrogen) atoms. The molecule has 3 N–H and O–H groups in total. The van der Waals surface area contributed by atoms with Crippen molar-refractivity contribution in [1.82, 2.24) is 0 Å². The lowest BCUT2D eigenvalue weighted by Crippen LogP contribution is -2.31. The quantitative estimate of drug-likeness (QED) is 0.0722. The van der Waals surface area contributed by atoms with Crippen molar-refractivity contribution in [3.05, 3.63) is 82.6 Å². The van der Waals surface area contributed by atoms with Crippen molar-refractivity contribution in [2.45, 2.75) is 123 Å². The van der Waals surface area contributed by atoms with Crippen LogP contribution in [-0.4, -0.2) is 63.1 Å². The lowest BCUT2D eigenvalue weighted by Gasteiger charge is -2.31. The predicted octanol–water partition coefficient (Wildman–Crippen LogP) is 11.9. The van der Waals surface area contributed by atoms with E-state index >= 15 is 0 Å². The van der Waals surface area contributed by atoms with Crippen LogP contribution in [0.2, 0.25) is 0 Å². The zero-order chi connectivity index (χ0) is 45.4. The van der Waals surface area contributed by atoms with E-state index in [1.54, 1.807) is 13.0 Å². The van der Waals surface area contributed by atoms with E-state index in [-0.39, 0.29) is 35.8 Å². The van der Waals surface area contributed by atoms with Crippen LogP contribution in [0.3, 0.4) is 0 Å². The maximum absolute atomic E-state index is 12.5. The molecular weight excluding hydrogens is 837 g/mol. The van der Waals surface area contributed by atoms with E-state index in [4.69, 9.17) is 19.9 Å². The van der Waals surface area contributed by atoms with Crippen molar-refractivity contribution in [2.24, 2.45) is 11.8 Å². The first kappa shape index (κ1) is 50.6. The molecule has 0 saturated heterocycles. The lowest BCUT2D eigenvalue weighted by molar-refractivity contribution is -0.144. The molecule has 2 saturated carbocycles. The van der Waals surface area contributed by atoms with Gasteiger partial charge in [0.25, 0.3) is 0 Å². The van der Waals surface area contributed by atoms with Crippen molar-refractivity contribution in [1.29, 1.82) is 0 Å². The first-order valence-electron chi connectivity index (χ1n) is 22.5. The Hall–Kier alpha value is -5.01. The average molecular weight is 903 g/mol. The maximum atomic E-state index is 12.5. The summed E-state index contributed by atoms with van der Waals surface area (Å²) in [6, 6.07) is 24.0. The Kier molecular flexibility index (Phi) is 22.4. The number of rotatable bonds is 18. The zero-order valence-corrected chi connectivity index (χ0v) is 39.1. The van der Waals surface area contributed by atoms with Gasteiger partial charge in [0.05, 0.1) is 38.8 Å². The molecule has 0 spiro atoms. The molecule has 1 unspecified atom stereocenters. The van der Waals surface area contributed by atoms with E-state index in [1.165, 1.54) is 88.3 Å². The number of carbonyl (C=O) groups excluding carboxylic acids is 5. The van der Waals surface area contributed by atoms with E-state index < -0.39 is 0 Å². The Bertz CT molecular complexity index is 2000. The molecular formula is C50H66N2O9S2. The third-order valence-electron chi connectivity index (χ3n) is 11.3. The molecule has 1 atom stereocenters. The number of anilines is 2. The fourth-order valence-electron chi connectivity index (χ4n) is 8.02. The van der Waals surface area contributed by atoms with Crippen LogP contribution < -0.4 is 11.1 Å². The molecule has 13 heteroatoms. The Balaban J connectivity index is 0.000000229. The second-order valence-electron chi connectivity index (χ2n) is 15.8. The summed E-state index contributed by atoms with van der Waals surface area (Å²) in [5, 5.41) is 3.69. The molecule has 2 aromatic heterocycles. The molecule has 4 aromatic rings. The van der Waals surface area contributed by atoms with Gasteiger partial charge in [-0.25, -0.2) is 9.59 Å². The summed E-state index contributed by atoms with van der Waals surface area (Å²) in [5.41, 5.74) is 9.20. The van der Waals surface area contributed by atoms with E-state index in [0.717, 1.165) is 52.3 Å². The number of methoxy groups -OCH3 is 2. The van der Waals surface area contributed by atoms with Crippen LogP contribution in [0.4, 0.5) is 11.4 Å². The average Bonchev–Trinajstić information content (AvgIpc) is 3.93. The number of hydrogen-bond acceptors (Lipinski definition) is 13. The van der Waals surface area contributed by atoms with Crippen LogP contribution in [0, 0.1) is 11.8 Å². The molecule has 0 aliphatic heterocycles. The molecule has 0 bridgehead atoms. The fourth-order valence-corrected chi connectivity index (χ4v) is 10.1. The van der Waals surface area contributed by atoms with Gasteiger partial charge in [-0.3, -0.25) is 14.4 Å². The molecule has 0 radical (unpaired) electrons. The van der Waals surface area contributed by atoms with Gasteiger partial charge < -0.3 is 30.0 Å². The van der Waals surface area contributed by atoms with Gasteiger partial charge in [-0.15, -0.1) is 22.7 Å². The van der Waals surface area contributed by atoms with Crippen LogP contribution in [0.15, 0.2) is 72.8 Å². The normalized spacial score (nSPS) is 14.4. The Morgan fingerprint density at radius 1 is 0.651 bits per heavy atom. The molecule has 2 aromatic carbocycles. The number of hydrogen-bond donors (Lipinski definition) is 2. The van der Waals surface area contributed by atoms with Crippen LogP contribution in [0.5, 0.6) is 0 Å². The zero-order valence-electron chi connectivity index (χ0n) is 37.5. The number of benzene rings is 2.